The summed E-state index contributed by atoms with van der Waals surface area (Å²) in [4.78, 5) is 10.9. The number of aliphatic hydroxyl groups is 1. The van der Waals surface area contributed by atoms with Gasteiger partial charge in [0.25, 0.3) is 0 Å². The van der Waals surface area contributed by atoms with Gasteiger partial charge in [-0.3, -0.25) is 4.90 Å². The van der Waals surface area contributed by atoms with Gasteiger partial charge in [-0.25, -0.2) is 9.97 Å². The van der Waals surface area contributed by atoms with E-state index in [4.69, 9.17) is 4.74 Å². The smallest absolute Gasteiger partial charge is 0.187 e. The van der Waals surface area contributed by atoms with Crippen LogP contribution in [0.15, 0.2) is 47.9 Å². The van der Waals surface area contributed by atoms with Crippen LogP contribution in [0.3, 0.4) is 0 Å². The Morgan fingerprint density at radius 2 is 1.91 bits per heavy atom. The SMILES string of the molecule is CN(Cc1cnc(SCc2ccccc2)nc1)[C@@H]1COC[C@H]1O. The van der Waals surface area contributed by atoms with Crippen molar-refractivity contribution in [3.05, 3.63) is 53.9 Å². The van der Waals surface area contributed by atoms with E-state index in [1.54, 1.807) is 11.8 Å². The lowest BCUT2D eigenvalue weighted by Gasteiger charge is -2.25. The number of benzene rings is 1. The molecule has 1 N–H and O–H groups in total. The van der Waals surface area contributed by atoms with Crippen LogP contribution in [-0.4, -0.2) is 52.4 Å². The Kier molecular flexibility index (Phi) is 5.61. The van der Waals surface area contributed by atoms with Gasteiger partial charge in [-0.15, -0.1) is 0 Å². The van der Waals surface area contributed by atoms with Crippen molar-refractivity contribution in [2.24, 2.45) is 0 Å². The van der Waals surface area contributed by atoms with Gasteiger partial charge in [0.15, 0.2) is 5.16 Å². The molecule has 2 heterocycles. The van der Waals surface area contributed by atoms with Crippen molar-refractivity contribution in [2.75, 3.05) is 20.3 Å². The summed E-state index contributed by atoms with van der Waals surface area (Å²) in [5.74, 6) is 0.867. The van der Waals surface area contributed by atoms with Gasteiger partial charge < -0.3 is 9.84 Å². The molecule has 122 valence electrons. The molecular weight excluding hydrogens is 310 g/mol. The van der Waals surface area contributed by atoms with Gasteiger partial charge in [-0.1, -0.05) is 42.1 Å². The Balaban J connectivity index is 1.52. The van der Waals surface area contributed by atoms with E-state index in [-0.39, 0.29) is 6.04 Å². The number of aromatic nitrogens is 2. The maximum absolute atomic E-state index is 9.86. The third kappa shape index (κ3) is 4.51. The summed E-state index contributed by atoms with van der Waals surface area (Å²) in [7, 11) is 1.99. The zero-order valence-corrected chi connectivity index (χ0v) is 13.9. The summed E-state index contributed by atoms with van der Waals surface area (Å²) in [6.07, 6.45) is 3.31. The van der Waals surface area contributed by atoms with Gasteiger partial charge in [0.2, 0.25) is 0 Å². The summed E-state index contributed by atoms with van der Waals surface area (Å²) in [6, 6.07) is 10.3. The van der Waals surface area contributed by atoms with E-state index in [1.165, 1.54) is 5.56 Å². The molecule has 0 amide bonds. The number of nitrogens with zero attached hydrogens (tertiary/aromatic N) is 3. The fourth-order valence-electron chi connectivity index (χ4n) is 2.58. The highest BCUT2D eigenvalue weighted by Crippen LogP contribution is 2.19. The largest absolute Gasteiger partial charge is 0.389 e. The molecule has 3 rings (SSSR count). The highest BCUT2D eigenvalue weighted by molar-refractivity contribution is 7.98. The number of ether oxygens (including phenoxy) is 1. The molecule has 0 unspecified atom stereocenters. The minimum atomic E-state index is -0.415. The van der Waals surface area contributed by atoms with Gasteiger partial charge in [0.1, 0.15) is 0 Å². The van der Waals surface area contributed by atoms with Crippen LogP contribution in [0.25, 0.3) is 0 Å². The summed E-state index contributed by atoms with van der Waals surface area (Å²) in [5.41, 5.74) is 2.30. The third-order valence-corrected chi connectivity index (χ3v) is 4.86. The maximum Gasteiger partial charge on any atom is 0.187 e. The lowest BCUT2D eigenvalue weighted by Crippen LogP contribution is -2.39. The van der Waals surface area contributed by atoms with Crippen molar-refractivity contribution in [1.82, 2.24) is 14.9 Å². The first-order valence-corrected chi connectivity index (χ1v) is 8.64. The monoisotopic (exact) mass is 331 g/mol. The topological polar surface area (TPSA) is 58.5 Å². The Morgan fingerprint density at radius 3 is 2.57 bits per heavy atom. The van der Waals surface area contributed by atoms with Crippen LogP contribution in [0.4, 0.5) is 0 Å². The van der Waals surface area contributed by atoms with Crippen LogP contribution in [0, 0.1) is 0 Å². The molecule has 1 saturated heterocycles. The van der Waals surface area contributed by atoms with Crippen molar-refractivity contribution < 1.29 is 9.84 Å². The van der Waals surface area contributed by atoms with Gasteiger partial charge in [0.05, 0.1) is 25.4 Å². The van der Waals surface area contributed by atoms with Crippen LogP contribution < -0.4 is 0 Å². The predicted molar refractivity (Wildman–Crippen MR) is 90.1 cm³/mol. The van der Waals surface area contributed by atoms with Crippen LogP contribution in [-0.2, 0) is 17.0 Å². The molecule has 1 aromatic carbocycles. The summed E-state index contributed by atoms with van der Waals surface area (Å²) in [5, 5.41) is 10.6. The second-order valence-corrected chi connectivity index (χ2v) is 6.68. The van der Waals surface area contributed by atoms with E-state index in [2.05, 4.69) is 27.0 Å². The number of likely N-dealkylation sites (N-methyl/N-ethyl adjacent to an activating group) is 1. The van der Waals surface area contributed by atoms with Gasteiger partial charge in [-0.05, 0) is 12.6 Å². The molecule has 1 aromatic heterocycles. The first-order valence-electron chi connectivity index (χ1n) is 7.66. The quantitative estimate of drug-likeness (QED) is 0.645. The number of thioether (sulfide) groups is 1. The summed E-state index contributed by atoms with van der Waals surface area (Å²) < 4.78 is 5.30. The molecule has 0 bridgehead atoms. The first-order chi connectivity index (χ1) is 11.2. The Morgan fingerprint density at radius 1 is 1.17 bits per heavy atom. The molecule has 0 aliphatic carbocycles. The van der Waals surface area contributed by atoms with Crippen LogP contribution in [0.5, 0.6) is 0 Å². The third-order valence-electron chi connectivity index (χ3n) is 3.91. The maximum atomic E-state index is 9.86. The van der Waals surface area contributed by atoms with E-state index in [0.29, 0.717) is 19.8 Å². The Bertz CT molecular complexity index is 609. The first kappa shape index (κ1) is 16.4. The molecule has 23 heavy (non-hydrogen) atoms. The van der Waals surface area contributed by atoms with Crippen molar-refractivity contribution in [3.8, 4) is 0 Å². The van der Waals surface area contributed by atoms with Crippen molar-refractivity contribution in [2.45, 2.75) is 29.6 Å². The average molecular weight is 331 g/mol. The van der Waals surface area contributed by atoms with Crippen LogP contribution in [0.1, 0.15) is 11.1 Å². The second-order valence-electron chi connectivity index (χ2n) is 5.74. The normalized spacial score (nSPS) is 21.0. The molecular formula is C17H21N3O2S. The molecule has 2 aromatic rings. The van der Waals surface area contributed by atoms with E-state index in [1.807, 2.05) is 37.6 Å². The summed E-state index contributed by atoms with van der Waals surface area (Å²) in [6.45, 7) is 1.69. The number of hydrogen-bond acceptors (Lipinski definition) is 6. The van der Waals surface area contributed by atoms with E-state index in [0.717, 1.165) is 16.5 Å². The number of hydrogen-bond donors (Lipinski definition) is 1. The highest BCUT2D eigenvalue weighted by atomic mass is 32.2. The predicted octanol–water partition coefficient (Wildman–Crippen LogP) is 1.96. The average Bonchev–Trinajstić information content (AvgIpc) is 3.01. The number of aliphatic hydroxyl groups excluding tert-OH is 1. The molecule has 5 nitrogen and oxygen atoms in total. The number of rotatable bonds is 6. The summed E-state index contributed by atoms with van der Waals surface area (Å²) >= 11 is 1.63. The molecule has 1 aliphatic rings. The van der Waals surface area contributed by atoms with E-state index < -0.39 is 6.10 Å². The highest BCUT2D eigenvalue weighted by Gasteiger charge is 2.29. The van der Waals surface area contributed by atoms with Crippen LogP contribution in [0.2, 0.25) is 0 Å². The zero-order chi connectivity index (χ0) is 16.1. The molecule has 1 fully saturated rings. The molecule has 1 aliphatic heterocycles. The standard InChI is InChI=1S/C17H21N3O2S/c1-20(15-10-22-11-16(15)21)9-14-7-18-17(19-8-14)23-12-13-5-3-2-4-6-13/h2-8,15-16,21H,9-12H2,1H3/t15-,16-/m1/s1. The van der Waals surface area contributed by atoms with E-state index >= 15 is 0 Å². The van der Waals surface area contributed by atoms with Gasteiger partial charge in [0, 0.05) is 30.3 Å². The fourth-order valence-corrected chi connectivity index (χ4v) is 3.32. The molecule has 0 spiro atoms. The zero-order valence-electron chi connectivity index (χ0n) is 13.1. The lowest BCUT2D eigenvalue weighted by atomic mass is 10.2. The molecule has 0 radical (unpaired) electrons. The fraction of sp³-hybridized carbons (Fsp3) is 0.412. The minimum Gasteiger partial charge on any atom is -0.389 e. The van der Waals surface area contributed by atoms with Crippen LogP contribution >= 0.6 is 11.8 Å². The Labute approximate surface area is 140 Å². The van der Waals surface area contributed by atoms with Gasteiger partial charge >= 0.3 is 0 Å². The second kappa shape index (κ2) is 7.88. The van der Waals surface area contributed by atoms with E-state index in [9.17, 15) is 5.11 Å². The minimum absolute atomic E-state index is 0.0436. The molecule has 6 heteroatoms. The van der Waals surface area contributed by atoms with Gasteiger partial charge in [-0.2, -0.15) is 0 Å². The van der Waals surface area contributed by atoms with Crippen molar-refractivity contribution in [1.29, 1.82) is 0 Å². The molecule has 2 atom stereocenters. The lowest BCUT2D eigenvalue weighted by molar-refractivity contribution is 0.0924. The Hall–Kier alpha value is -1.47. The molecule has 0 saturated carbocycles. The van der Waals surface area contributed by atoms with Crippen molar-refractivity contribution in [3.63, 3.8) is 0 Å². The van der Waals surface area contributed by atoms with Crippen molar-refractivity contribution >= 4 is 11.8 Å².